The zero-order valence-electron chi connectivity index (χ0n) is 14.6. The molecule has 1 N–H and O–H groups in total. The van der Waals surface area contributed by atoms with Crippen molar-refractivity contribution in [2.24, 2.45) is 0 Å². The van der Waals surface area contributed by atoms with Gasteiger partial charge >= 0.3 is 0 Å². The van der Waals surface area contributed by atoms with Gasteiger partial charge in [0.05, 0.1) is 0 Å². The van der Waals surface area contributed by atoms with Crippen LogP contribution in [0.2, 0.25) is 0 Å². The second-order valence-corrected chi connectivity index (χ2v) is 8.34. The molecule has 0 atom stereocenters. The fraction of sp³-hybridized carbons (Fsp3) is 0.421. The van der Waals surface area contributed by atoms with E-state index in [4.69, 9.17) is 0 Å². The Morgan fingerprint density at radius 3 is 2.62 bits per heavy atom. The molecule has 1 aromatic carbocycles. The number of hydrogen-bond donors (Lipinski definition) is 1. The molecule has 140 valence electrons. The minimum atomic E-state index is -3.65. The second-order valence-electron chi connectivity index (χ2n) is 6.64. The summed E-state index contributed by atoms with van der Waals surface area (Å²) in [6.45, 7) is 0.419. The number of hydrogen-bond acceptors (Lipinski definition) is 3. The molecule has 0 unspecified atom stereocenters. The van der Waals surface area contributed by atoms with Gasteiger partial charge in [0.15, 0.2) is 0 Å². The lowest BCUT2D eigenvalue weighted by Gasteiger charge is -2.24. The van der Waals surface area contributed by atoms with Crippen LogP contribution >= 0.6 is 0 Å². The SMILES string of the molecule is O=S(=O)(NC1CCCC1)N(CCc1ccccc1F)Cc1cccnc1. The molecule has 0 saturated heterocycles. The summed E-state index contributed by atoms with van der Waals surface area (Å²) in [5.74, 6) is -0.310. The van der Waals surface area contributed by atoms with Crippen molar-refractivity contribution in [3.63, 3.8) is 0 Å². The first-order chi connectivity index (χ1) is 12.5. The normalized spacial score (nSPS) is 15.6. The van der Waals surface area contributed by atoms with Crippen LogP contribution in [0.1, 0.15) is 36.8 Å². The Kier molecular flexibility index (Phi) is 6.34. The van der Waals surface area contributed by atoms with Crippen LogP contribution in [0.5, 0.6) is 0 Å². The predicted octanol–water partition coefficient (Wildman–Crippen LogP) is 3.04. The second kappa shape index (κ2) is 8.70. The third-order valence-corrected chi connectivity index (χ3v) is 6.30. The van der Waals surface area contributed by atoms with Crippen LogP contribution in [0.25, 0.3) is 0 Å². The monoisotopic (exact) mass is 377 g/mol. The minimum Gasteiger partial charge on any atom is -0.264 e. The van der Waals surface area contributed by atoms with E-state index >= 15 is 0 Å². The van der Waals surface area contributed by atoms with E-state index in [1.807, 2.05) is 6.07 Å². The van der Waals surface area contributed by atoms with E-state index in [1.54, 1.807) is 36.7 Å². The molecule has 1 saturated carbocycles. The van der Waals surface area contributed by atoms with Gasteiger partial charge in [0.1, 0.15) is 5.82 Å². The third kappa shape index (κ3) is 5.09. The van der Waals surface area contributed by atoms with Crippen LogP contribution in [0.4, 0.5) is 4.39 Å². The number of pyridine rings is 1. The van der Waals surface area contributed by atoms with Crippen molar-refractivity contribution in [1.29, 1.82) is 0 Å². The van der Waals surface area contributed by atoms with E-state index < -0.39 is 10.2 Å². The summed E-state index contributed by atoms with van der Waals surface area (Å²) < 4.78 is 43.9. The Morgan fingerprint density at radius 2 is 1.92 bits per heavy atom. The van der Waals surface area contributed by atoms with E-state index in [0.717, 1.165) is 31.2 Å². The van der Waals surface area contributed by atoms with Gasteiger partial charge in [-0.2, -0.15) is 17.4 Å². The van der Waals surface area contributed by atoms with E-state index in [9.17, 15) is 12.8 Å². The summed E-state index contributed by atoms with van der Waals surface area (Å²) in [7, 11) is -3.65. The van der Waals surface area contributed by atoms with Crippen molar-refractivity contribution in [3.8, 4) is 0 Å². The predicted molar refractivity (Wildman–Crippen MR) is 99.1 cm³/mol. The molecule has 1 aliphatic rings. The number of aromatic nitrogens is 1. The molecule has 1 aromatic heterocycles. The summed E-state index contributed by atoms with van der Waals surface area (Å²) in [6, 6.07) is 10.1. The number of nitrogens with zero attached hydrogens (tertiary/aromatic N) is 2. The summed E-state index contributed by atoms with van der Waals surface area (Å²) >= 11 is 0. The molecule has 0 aliphatic heterocycles. The molecule has 1 aliphatic carbocycles. The zero-order valence-corrected chi connectivity index (χ0v) is 15.5. The number of rotatable bonds is 8. The van der Waals surface area contributed by atoms with E-state index in [2.05, 4.69) is 9.71 Å². The highest BCUT2D eigenvalue weighted by atomic mass is 32.2. The highest BCUT2D eigenvalue weighted by molar-refractivity contribution is 7.87. The van der Waals surface area contributed by atoms with Crippen LogP contribution in [0, 0.1) is 5.82 Å². The molecule has 7 heteroatoms. The Bertz CT molecular complexity index is 809. The van der Waals surface area contributed by atoms with Crippen molar-refractivity contribution in [2.75, 3.05) is 6.54 Å². The van der Waals surface area contributed by atoms with Crippen LogP contribution in [-0.4, -0.2) is 30.3 Å². The van der Waals surface area contributed by atoms with Gasteiger partial charge in [-0.1, -0.05) is 37.1 Å². The smallest absolute Gasteiger partial charge is 0.264 e. The summed E-state index contributed by atoms with van der Waals surface area (Å²) in [5, 5.41) is 0. The molecule has 3 rings (SSSR count). The number of halogens is 1. The molecule has 0 bridgehead atoms. The lowest BCUT2D eigenvalue weighted by Crippen LogP contribution is -2.45. The van der Waals surface area contributed by atoms with Crippen LogP contribution < -0.4 is 4.72 Å². The van der Waals surface area contributed by atoms with Gasteiger partial charge in [0, 0.05) is 31.5 Å². The zero-order chi connectivity index (χ0) is 18.4. The van der Waals surface area contributed by atoms with Crippen LogP contribution in [0.15, 0.2) is 48.8 Å². The largest absolute Gasteiger partial charge is 0.280 e. The minimum absolute atomic E-state index is 0.00939. The Balaban J connectivity index is 1.75. The molecule has 0 spiro atoms. The van der Waals surface area contributed by atoms with Gasteiger partial charge in [-0.05, 0) is 42.5 Å². The van der Waals surface area contributed by atoms with Crippen molar-refractivity contribution in [3.05, 3.63) is 65.7 Å². The lowest BCUT2D eigenvalue weighted by molar-refractivity contribution is 0.392. The molecular weight excluding hydrogens is 353 g/mol. The van der Waals surface area contributed by atoms with Crippen molar-refractivity contribution >= 4 is 10.2 Å². The van der Waals surface area contributed by atoms with Gasteiger partial charge in [0.2, 0.25) is 0 Å². The van der Waals surface area contributed by atoms with Crippen LogP contribution in [-0.2, 0) is 23.2 Å². The summed E-state index contributed by atoms with van der Waals surface area (Å²) in [6.07, 6.45) is 7.45. The molecule has 1 heterocycles. The Hall–Kier alpha value is -1.83. The van der Waals surface area contributed by atoms with Gasteiger partial charge in [-0.3, -0.25) is 4.98 Å². The summed E-state index contributed by atoms with van der Waals surface area (Å²) in [5.41, 5.74) is 1.32. The maximum Gasteiger partial charge on any atom is 0.280 e. The van der Waals surface area contributed by atoms with E-state index in [-0.39, 0.29) is 24.9 Å². The topological polar surface area (TPSA) is 62.3 Å². The third-order valence-electron chi connectivity index (χ3n) is 4.68. The molecule has 1 fully saturated rings. The number of nitrogens with one attached hydrogen (secondary N) is 1. The molecular formula is C19H24FN3O2S. The molecule has 5 nitrogen and oxygen atoms in total. The maximum atomic E-state index is 13.9. The fourth-order valence-electron chi connectivity index (χ4n) is 3.25. The average Bonchev–Trinajstić information content (AvgIpc) is 3.13. The molecule has 0 radical (unpaired) electrons. The first-order valence-electron chi connectivity index (χ1n) is 8.94. The molecule has 2 aromatic rings. The number of benzene rings is 1. The quantitative estimate of drug-likeness (QED) is 0.769. The van der Waals surface area contributed by atoms with E-state index in [0.29, 0.717) is 12.0 Å². The van der Waals surface area contributed by atoms with Gasteiger partial charge in [-0.25, -0.2) is 4.39 Å². The molecule has 26 heavy (non-hydrogen) atoms. The highest BCUT2D eigenvalue weighted by Crippen LogP contribution is 2.20. The Morgan fingerprint density at radius 1 is 1.15 bits per heavy atom. The Labute approximate surface area is 154 Å². The molecule has 0 amide bonds. The van der Waals surface area contributed by atoms with Gasteiger partial charge in [-0.15, -0.1) is 0 Å². The first-order valence-corrected chi connectivity index (χ1v) is 10.4. The van der Waals surface area contributed by atoms with E-state index in [1.165, 1.54) is 10.4 Å². The van der Waals surface area contributed by atoms with Crippen molar-refractivity contribution in [2.45, 2.75) is 44.7 Å². The van der Waals surface area contributed by atoms with Crippen LogP contribution in [0.3, 0.4) is 0 Å². The standard InChI is InChI=1S/C19H24FN3O2S/c20-19-10-4-1-7-17(19)11-13-23(15-16-6-5-12-21-14-16)26(24,25)22-18-8-2-3-9-18/h1,4-7,10,12,14,18,22H,2-3,8-9,11,13,15H2. The first kappa shape index (κ1) is 18.9. The maximum absolute atomic E-state index is 13.9. The average molecular weight is 377 g/mol. The fourth-order valence-corrected chi connectivity index (χ4v) is 4.71. The van der Waals surface area contributed by atoms with Crippen molar-refractivity contribution < 1.29 is 12.8 Å². The summed E-state index contributed by atoms with van der Waals surface area (Å²) in [4.78, 5) is 4.05. The highest BCUT2D eigenvalue weighted by Gasteiger charge is 2.27. The lowest BCUT2D eigenvalue weighted by atomic mass is 10.1. The van der Waals surface area contributed by atoms with Gasteiger partial charge in [0.25, 0.3) is 10.2 Å². The van der Waals surface area contributed by atoms with Gasteiger partial charge < -0.3 is 0 Å². The van der Waals surface area contributed by atoms with Crippen molar-refractivity contribution in [1.82, 2.24) is 14.0 Å².